The number of aryl methyl sites for hydroxylation is 2. The predicted molar refractivity (Wildman–Crippen MR) is 36.8 cm³/mol. The van der Waals surface area contributed by atoms with Gasteiger partial charge in [-0.1, -0.05) is 0 Å². The molecule has 0 bridgehead atoms. The molecule has 0 atom stereocenters. The molecule has 0 saturated carbocycles. The van der Waals surface area contributed by atoms with Crippen LogP contribution in [0.25, 0.3) is 0 Å². The summed E-state index contributed by atoms with van der Waals surface area (Å²) in [5.74, 6) is 1.74. The Morgan fingerprint density at radius 3 is 2.70 bits per heavy atom. The van der Waals surface area contributed by atoms with E-state index in [1.807, 2.05) is 19.9 Å². The zero-order chi connectivity index (χ0) is 7.56. The molecule has 0 aliphatic heterocycles. The van der Waals surface area contributed by atoms with E-state index < -0.39 is 0 Å². The average molecular weight is 141 g/mol. The highest BCUT2D eigenvalue weighted by atomic mass is 16.5. The van der Waals surface area contributed by atoms with Crippen molar-refractivity contribution in [3.63, 3.8) is 0 Å². The lowest BCUT2D eigenvalue weighted by Crippen LogP contribution is -2.05. The molecule has 0 radical (unpaired) electrons. The van der Waals surface area contributed by atoms with Crippen LogP contribution in [0.5, 0.6) is 0 Å². The summed E-state index contributed by atoms with van der Waals surface area (Å²) >= 11 is 0. The number of hydroxylamine groups is 1. The van der Waals surface area contributed by atoms with Crippen LogP contribution in [0, 0.1) is 13.8 Å². The average Bonchev–Trinajstić information content (AvgIpc) is 2.13. The first kappa shape index (κ1) is 7.31. The third-order valence-electron chi connectivity index (χ3n) is 1.41. The van der Waals surface area contributed by atoms with E-state index in [1.165, 1.54) is 0 Å². The summed E-state index contributed by atoms with van der Waals surface area (Å²) in [5.41, 5.74) is 3.08. The van der Waals surface area contributed by atoms with Gasteiger partial charge < -0.3 is 9.62 Å². The SMILES string of the molecule is Cc1cc(CNO)c(C)o1. The Morgan fingerprint density at radius 1 is 1.60 bits per heavy atom. The van der Waals surface area contributed by atoms with E-state index in [-0.39, 0.29) is 0 Å². The van der Waals surface area contributed by atoms with E-state index in [0.29, 0.717) is 6.54 Å². The minimum Gasteiger partial charge on any atom is -0.466 e. The smallest absolute Gasteiger partial charge is 0.105 e. The third kappa shape index (κ3) is 1.37. The van der Waals surface area contributed by atoms with E-state index >= 15 is 0 Å². The molecule has 56 valence electrons. The van der Waals surface area contributed by atoms with Crippen LogP contribution in [0.4, 0.5) is 0 Å². The van der Waals surface area contributed by atoms with Gasteiger partial charge in [0.2, 0.25) is 0 Å². The molecular weight excluding hydrogens is 130 g/mol. The molecule has 1 aromatic rings. The van der Waals surface area contributed by atoms with Crippen molar-refractivity contribution >= 4 is 0 Å². The van der Waals surface area contributed by atoms with Crippen molar-refractivity contribution in [3.8, 4) is 0 Å². The molecule has 0 spiro atoms. The lowest BCUT2D eigenvalue weighted by Gasteiger charge is -1.92. The lowest BCUT2D eigenvalue weighted by atomic mass is 10.2. The second-order valence-electron chi connectivity index (χ2n) is 2.27. The van der Waals surface area contributed by atoms with Gasteiger partial charge in [0.1, 0.15) is 11.5 Å². The van der Waals surface area contributed by atoms with Crippen molar-refractivity contribution < 1.29 is 9.62 Å². The fourth-order valence-corrected chi connectivity index (χ4v) is 0.944. The maximum absolute atomic E-state index is 8.36. The highest BCUT2D eigenvalue weighted by Gasteiger charge is 2.01. The maximum atomic E-state index is 8.36. The maximum Gasteiger partial charge on any atom is 0.105 e. The van der Waals surface area contributed by atoms with Crippen molar-refractivity contribution in [2.75, 3.05) is 0 Å². The predicted octanol–water partition coefficient (Wildman–Crippen LogP) is 1.38. The molecule has 3 heteroatoms. The van der Waals surface area contributed by atoms with Crippen molar-refractivity contribution in [1.82, 2.24) is 5.48 Å². The summed E-state index contributed by atoms with van der Waals surface area (Å²) in [6.07, 6.45) is 0. The summed E-state index contributed by atoms with van der Waals surface area (Å²) < 4.78 is 5.22. The monoisotopic (exact) mass is 141 g/mol. The van der Waals surface area contributed by atoms with Gasteiger partial charge in [0.25, 0.3) is 0 Å². The minimum atomic E-state index is 0.448. The quantitative estimate of drug-likeness (QED) is 0.611. The molecule has 1 rings (SSSR count). The number of furan rings is 1. The second kappa shape index (κ2) is 2.86. The molecule has 1 heterocycles. The van der Waals surface area contributed by atoms with E-state index in [0.717, 1.165) is 17.1 Å². The van der Waals surface area contributed by atoms with Crippen LogP contribution >= 0.6 is 0 Å². The van der Waals surface area contributed by atoms with Gasteiger partial charge in [-0.2, -0.15) is 0 Å². The Labute approximate surface area is 59.6 Å². The van der Waals surface area contributed by atoms with Crippen LogP contribution in [0.1, 0.15) is 17.1 Å². The van der Waals surface area contributed by atoms with Crippen LogP contribution in [0.3, 0.4) is 0 Å². The highest BCUT2D eigenvalue weighted by Crippen LogP contribution is 2.12. The zero-order valence-corrected chi connectivity index (χ0v) is 6.14. The molecule has 0 aromatic carbocycles. The molecule has 3 nitrogen and oxygen atoms in total. The summed E-state index contributed by atoms with van der Waals surface area (Å²) in [7, 11) is 0. The first-order chi connectivity index (χ1) is 4.74. The fourth-order valence-electron chi connectivity index (χ4n) is 0.944. The largest absolute Gasteiger partial charge is 0.466 e. The van der Waals surface area contributed by atoms with Crippen LogP contribution in [-0.4, -0.2) is 5.21 Å². The van der Waals surface area contributed by atoms with Crippen LogP contribution in [0.15, 0.2) is 10.5 Å². The van der Waals surface area contributed by atoms with Gasteiger partial charge in [0.15, 0.2) is 0 Å². The van der Waals surface area contributed by atoms with Gasteiger partial charge in [0, 0.05) is 12.1 Å². The summed E-state index contributed by atoms with van der Waals surface area (Å²) in [6.45, 7) is 4.21. The first-order valence-electron chi connectivity index (χ1n) is 3.17. The Bertz CT molecular complexity index is 217. The van der Waals surface area contributed by atoms with Crippen LogP contribution in [-0.2, 0) is 6.54 Å². The van der Waals surface area contributed by atoms with Crippen LogP contribution in [0.2, 0.25) is 0 Å². The highest BCUT2D eigenvalue weighted by molar-refractivity contribution is 5.19. The van der Waals surface area contributed by atoms with E-state index in [2.05, 4.69) is 5.48 Å². The van der Waals surface area contributed by atoms with E-state index in [4.69, 9.17) is 9.62 Å². The number of hydrogen-bond acceptors (Lipinski definition) is 3. The Kier molecular flexibility index (Phi) is 2.09. The molecular formula is C7H11NO2. The minimum absolute atomic E-state index is 0.448. The standard InChI is InChI=1S/C7H11NO2/c1-5-3-7(4-8-9)6(2)10-5/h3,8-9H,4H2,1-2H3. The summed E-state index contributed by atoms with van der Waals surface area (Å²) in [4.78, 5) is 0. The third-order valence-corrected chi connectivity index (χ3v) is 1.41. The summed E-state index contributed by atoms with van der Waals surface area (Å²) in [5, 5.41) is 8.36. The fraction of sp³-hybridized carbons (Fsp3) is 0.429. The Morgan fingerprint density at radius 2 is 2.30 bits per heavy atom. The number of nitrogens with one attached hydrogen (secondary N) is 1. The molecule has 10 heavy (non-hydrogen) atoms. The topological polar surface area (TPSA) is 45.4 Å². The van der Waals surface area contributed by atoms with Crippen molar-refractivity contribution in [2.45, 2.75) is 20.4 Å². The Balaban J connectivity index is 2.81. The number of hydrogen-bond donors (Lipinski definition) is 2. The molecule has 0 fully saturated rings. The normalized spacial score (nSPS) is 10.3. The number of rotatable bonds is 2. The van der Waals surface area contributed by atoms with Gasteiger partial charge in [0.05, 0.1) is 0 Å². The van der Waals surface area contributed by atoms with E-state index in [1.54, 1.807) is 0 Å². The molecule has 0 unspecified atom stereocenters. The molecule has 0 saturated heterocycles. The van der Waals surface area contributed by atoms with Gasteiger partial charge in [-0.05, 0) is 19.9 Å². The summed E-state index contributed by atoms with van der Waals surface area (Å²) in [6, 6.07) is 1.90. The molecule has 0 aliphatic rings. The zero-order valence-electron chi connectivity index (χ0n) is 6.14. The van der Waals surface area contributed by atoms with Crippen molar-refractivity contribution in [2.24, 2.45) is 0 Å². The second-order valence-corrected chi connectivity index (χ2v) is 2.27. The molecule has 0 amide bonds. The van der Waals surface area contributed by atoms with Crippen molar-refractivity contribution in [1.29, 1.82) is 0 Å². The van der Waals surface area contributed by atoms with Gasteiger partial charge in [-0.15, -0.1) is 0 Å². The Hall–Kier alpha value is -0.800. The molecule has 2 N–H and O–H groups in total. The van der Waals surface area contributed by atoms with E-state index in [9.17, 15) is 0 Å². The molecule has 1 aromatic heterocycles. The van der Waals surface area contributed by atoms with Gasteiger partial charge >= 0.3 is 0 Å². The van der Waals surface area contributed by atoms with Crippen molar-refractivity contribution in [3.05, 3.63) is 23.2 Å². The molecule has 0 aliphatic carbocycles. The van der Waals surface area contributed by atoms with Gasteiger partial charge in [-0.3, -0.25) is 0 Å². The first-order valence-corrected chi connectivity index (χ1v) is 3.17. The van der Waals surface area contributed by atoms with Crippen LogP contribution < -0.4 is 5.48 Å². The van der Waals surface area contributed by atoms with Gasteiger partial charge in [-0.25, -0.2) is 5.48 Å². The lowest BCUT2D eigenvalue weighted by molar-refractivity contribution is 0.160.